The number of allylic oxidation sites excluding steroid dienone is 1. The highest BCUT2D eigenvalue weighted by Crippen LogP contribution is 2.25. The molecule has 18 heavy (non-hydrogen) atoms. The van der Waals surface area contributed by atoms with Crippen LogP contribution in [0.1, 0.15) is 39.2 Å². The summed E-state index contributed by atoms with van der Waals surface area (Å²) >= 11 is 0. The smallest absolute Gasteiger partial charge is 0.119 e. The lowest BCUT2D eigenvalue weighted by atomic mass is 9.95. The minimum absolute atomic E-state index is 0.236. The molecule has 2 rings (SSSR count). The Bertz CT molecular complexity index is 409. The molecular weight excluding hydrogens is 222 g/mol. The molecule has 1 heterocycles. The Labute approximate surface area is 110 Å². The van der Waals surface area contributed by atoms with Gasteiger partial charge in [-0.2, -0.15) is 0 Å². The third-order valence-corrected chi connectivity index (χ3v) is 3.40. The van der Waals surface area contributed by atoms with Gasteiger partial charge < -0.3 is 10.1 Å². The van der Waals surface area contributed by atoms with Crippen molar-refractivity contribution in [1.29, 1.82) is 0 Å². The molecule has 1 saturated heterocycles. The molecule has 0 spiro atoms. The van der Waals surface area contributed by atoms with Crippen LogP contribution in [0.3, 0.4) is 0 Å². The molecule has 2 heteroatoms. The highest BCUT2D eigenvalue weighted by atomic mass is 16.5. The molecule has 1 aliphatic heterocycles. The van der Waals surface area contributed by atoms with Gasteiger partial charge >= 0.3 is 0 Å². The third kappa shape index (κ3) is 3.36. The van der Waals surface area contributed by atoms with Gasteiger partial charge in [-0.25, -0.2) is 0 Å². The van der Waals surface area contributed by atoms with Gasteiger partial charge in [-0.15, -0.1) is 0 Å². The van der Waals surface area contributed by atoms with Crippen molar-refractivity contribution in [2.45, 2.75) is 39.7 Å². The van der Waals surface area contributed by atoms with Crippen LogP contribution < -0.4 is 10.1 Å². The van der Waals surface area contributed by atoms with Crippen LogP contribution in [0.2, 0.25) is 0 Å². The highest BCUT2D eigenvalue weighted by Gasteiger charge is 2.09. The van der Waals surface area contributed by atoms with Crippen LogP contribution in [0.5, 0.6) is 5.75 Å². The first-order valence-electron chi connectivity index (χ1n) is 6.83. The van der Waals surface area contributed by atoms with E-state index >= 15 is 0 Å². The summed E-state index contributed by atoms with van der Waals surface area (Å²) in [5, 5.41) is 3.40. The van der Waals surface area contributed by atoms with Gasteiger partial charge in [-0.1, -0.05) is 17.7 Å². The summed E-state index contributed by atoms with van der Waals surface area (Å²) in [7, 11) is 0. The van der Waals surface area contributed by atoms with E-state index in [0.29, 0.717) is 0 Å². The molecule has 98 valence electrons. The Kier molecular flexibility index (Phi) is 4.43. The number of piperidine rings is 1. The second kappa shape index (κ2) is 6.05. The van der Waals surface area contributed by atoms with E-state index < -0.39 is 0 Å². The quantitative estimate of drug-likeness (QED) is 0.878. The van der Waals surface area contributed by atoms with Gasteiger partial charge in [-0.3, -0.25) is 0 Å². The second-order valence-corrected chi connectivity index (χ2v) is 5.17. The first kappa shape index (κ1) is 13.2. The maximum atomic E-state index is 5.67. The Morgan fingerprint density at radius 2 is 1.72 bits per heavy atom. The van der Waals surface area contributed by atoms with E-state index in [1.165, 1.54) is 24.0 Å². The van der Waals surface area contributed by atoms with E-state index in [1.54, 1.807) is 5.57 Å². The zero-order valence-electron chi connectivity index (χ0n) is 11.6. The predicted octanol–water partition coefficient (Wildman–Crippen LogP) is 3.63. The van der Waals surface area contributed by atoms with E-state index in [1.807, 2.05) is 0 Å². The lowest BCUT2D eigenvalue weighted by Crippen LogP contribution is -2.23. The Balaban J connectivity index is 2.13. The molecule has 0 aromatic heterocycles. The first-order chi connectivity index (χ1) is 8.66. The normalized spacial score (nSPS) is 15.9. The SMILES string of the molecule is CC(=C1CCNCC1)c1ccc(OC(C)C)cc1. The molecule has 2 nitrogen and oxygen atoms in total. The number of nitrogens with one attached hydrogen (secondary N) is 1. The second-order valence-electron chi connectivity index (χ2n) is 5.17. The predicted molar refractivity (Wildman–Crippen MR) is 76.9 cm³/mol. The summed E-state index contributed by atoms with van der Waals surface area (Å²) in [6.07, 6.45) is 2.59. The lowest BCUT2D eigenvalue weighted by molar-refractivity contribution is 0.242. The maximum absolute atomic E-state index is 5.67. The molecular formula is C16H23NO. The van der Waals surface area contributed by atoms with Crippen LogP contribution in [-0.2, 0) is 0 Å². The van der Waals surface area contributed by atoms with E-state index in [9.17, 15) is 0 Å². The minimum atomic E-state index is 0.236. The van der Waals surface area contributed by atoms with Crippen LogP contribution in [-0.4, -0.2) is 19.2 Å². The van der Waals surface area contributed by atoms with Crippen LogP contribution >= 0.6 is 0 Å². The molecule has 0 bridgehead atoms. The standard InChI is InChI=1S/C16H23NO/c1-12(2)18-16-6-4-14(5-7-16)13(3)15-8-10-17-11-9-15/h4-7,12,17H,8-11H2,1-3H3. The lowest BCUT2D eigenvalue weighted by Gasteiger charge is -2.19. The van der Waals surface area contributed by atoms with Crippen molar-refractivity contribution in [3.05, 3.63) is 35.4 Å². The van der Waals surface area contributed by atoms with Crippen LogP contribution in [0.15, 0.2) is 29.8 Å². The summed E-state index contributed by atoms with van der Waals surface area (Å²) in [6.45, 7) is 8.56. The van der Waals surface area contributed by atoms with E-state index in [0.717, 1.165) is 18.8 Å². The average Bonchev–Trinajstić information content (AvgIpc) is 2.39. The summed E-state index contributed by atoms with van der Waals surface area (Å²) < 4.78 is 5.67. The molecule has 1 N–H and O–H groups in total. The summed E-state index contributed by atoms with van der Waals surface area (Å²) in [5.41, 5.74) is 4.35. The summed E-state index contributed by atoms with van der Waals surface area (Å²) in [5.74, 6) is 0.955. The van der Waals surface area contributed by atoms with Gasteiger partial charge in [0.1, 0.15) is 5.75 Å². The van der Waals surface area contributed by atoms with Crippen LogP contribution in [0.4, 0.5) is 0 Å². The number of hydrogen-bond donors (Lipinski definition) is 1. The van der Waals surface area contributed by atoms with Gasteiger partial charge in [0.2, 0.25) is 0 Å². The van der Waals surface area contributed by atoms with Gasteiger partial charge in [0.25, 0.3) is 0 Å². The molecule has 0 aliphatic carbocycles. The molecule has 0 amide bonds. The molecule has 0 unspecified atom stereocenters. The Morgan fingerprint density at radius 1 is 1.11 bits per heavy atom. The zero-order valence-corrected chi connectivity index (χ0v) is 11.6. The molecule has 0 radical (unpaired) electrons. The molecule has 1 aromatic rings. The van der Waals surface area contributed by atoms with Crippen LogP contribution in [0.25, 0.3) is 5.57 Å². The van der Waals surface area contributed by atoms with Crippen molar-refractivity contribution in [3.8, 4) is 5.75 Å². The Hall–Kier alpha value is -1.28. The monoisotopic (exact) mass is 245 g/mol. The van der Waals surface area contributed by atoms with E-state index in [2.05, 4.69) is 50.4 Å². The van der Waals surface area contributed by atoms with Crippen molar-refractivity contribution in [2.24, 2.45) is 0 Å². The maximum Gasteiger partial charge on any atom is 0.119 e. The number of rotatable bonds is 3. The largest absolute Gasteiger partial charge is 0.491 e. The van der Waals surface area contributed by atoms with Gasteiger partial charge in [0, 0.05) is 0 Å². The molecule has 0 atom stereocenters. The van der Waals surface area contributed by atoms with Crippen molar-refractivity contribution in [1.82, 2.24) is 5.32 Å². The zero-order chi connectivity index (χ0) is 13.0. The van der Waals surface area contributed by atoms with Crippen molar-refractivity contribution in [2.75, 3.05) is 13.1 Å². The fourth-order valence-corrected chi connectivity index (χ4v) is 2.36. The molecule has 0 saturated carbocycles. The van der Waals surface area contributed by atoms with Crippen molar-refractivity contribution >= 4 is 5.57 Å². The first-order valence-corrected chi connectivity index (χ1v) is 6.83. The summed E-state index contributed by atoms with van der Waals surface area (Å²) in [6, 6.07) is 8.48. The third-order valence-electron chi connectivity index (χ3n) is 3.40. The number of hydrogen-bond acceptors (Lipinski definition) is 2. The average molecular weight is 245 g/mol. The molecule has 1 aliphatic rings. The van der Waals surface area contributed by atoms with Gasteiger partial charge in [0.15, 0.2) is 0 Å². The molecule has 1 aromatic carbocycles. The van der Waals surface area contributed by atoms with Crippen molar-refractivity contribution in [3.63, 3.8) is 0 Å². The van der Waals surface area contributed by atoms with Crippen molar-refractivity contribution < 1.29 is 4.74 Å². The van der Waals surface area contributed by atoms with Gasteiger partial charge in [0.05, 0.1) is 6.10 Å². The number of benzene rings is 1. The van der Waals surface area contributed by atoms with E-state index in [-0.39, 0.29) is 6.10 Å². The number of ether oxygens (including phenoxy) is 1. The van der Waals surface area contributed by atoms with Crippen LogP contribution in [0, 0.1) is 0 Å². The fraction of sp³-hybridized carbons (Fsp3) is 0.500. The van der Waals surface area contributed by atoms with E-state index in [4.69, 9.17) is 4.74 Å². The van der Waals surface area contributed by atoms with Gasteiger partial charge in [-0.05, 0) is 70.0 Å². The fourth-order valence-electron chi connectivity index (χ4n) is 2.36. The molecule has 1 fully saturated rings. The highest BCUT2D eigenvalue weighted by molar-refractivity contribution is 5.67. The summed E-state index contributed by atoms with van der Waals surface area (Å²) in [4.78, 5) is 0. The Morgan fingerprint density at radius 3 is 2.28 bits per heavy atom. The topological polar surface area (TPSA) is 21.3 Å². The minimum Gasteiger partial charge on any atom is -0.491 e.